The Morgan fingerprint density at radius 3 is 0.800 bits per heavy atom. The van der Waals surface area contributed by atoms with E-state index in [0.717, 1.165) is 0 Å². The van der Waals surface area contributed by atoms with Crippen molar-refractivity contribution in [1.82, 2.24) is 0 Å². The van der Waals surface area contributed by atoms with Crippen molar-refractivity contribution in [1.29, 1.82) is 0 Å². The third-order valence-electron chi connectivity index (χ3n) is 4.58. The van der Waals surface area contributed by atoms with Gasteiger partial charge in [-0.3, -0.25) is 0 Å². The molecule has 0 spiro atoms. The van der Waals surface area contributed by atoms with E-state index in [1.165, 1.54) is 0 Å². The molecular formula is C14H9F21. The molecule has 0 bridgehead atoms. The summed E-state index contributed by atoms with van der Waals surface area (Å²) < 4.78 is 278. The van der Waals surface area contributed by atoms with E-state index in [0.29, 0.717) is 0 Å². The van der Waals surface area contributed by atoms with Crippen LogP contribution in [0, 0.1) is 0 Å². The van der Waals surface area contributed by atoms with Crippen LogP contribution in [-0.2, 0) is 0 Å². The van der Waals surface area contributed by atoms with E-state index in [4.69, 9.17) is 0 Å². The standard InChI is InChI=1S/C14H9F21/c1-3-5(16,17)7(20,21)9(24,25)11(28,29)13(32,33)14(34,35)12(30,31)10(26,27)8(22,23)6(18,19)4(2)15/h4H,3H2,1-2H3. The second kappa shape index (κ2) is 8.27. The lowest BCUT2D eigenvalue weighted by atomic mass is 9.85. The summed E-state index contributed by atoms with van der Waals surface area (Å²) in [5.74, 6) is -82.8. The number of alkyl halides is 21. The Labute approximate surface area is 179 Å². The van der Waals surface area contributed by atoms with Crippen molar-refractivity contribution in [2.45, 2.75) is 85.7 Å². The van der Waals surface area contributed by atoms with Gasteiger partial charge in [0.1, 0.15) is 0 Å². The zero-order chi connectivity index (χ0) is 29.3. The van der Waals surface area contributed by atoms with E-state index in [9.17, 15) is 92.2 Å². The summed E-state index contributed by atoms with van der Waals surface area (Å²) in [6.07, 6.45) is -7.28. The molecule has 0 aromatic heterocycles. The molecule has 0 nitrogen and oxygen atoms in total. The number of rotatable bonds is 11. The molecule has 0 radical (unpaired) electrons. The van der Waals surface area contributed by atoms with Crippen LogP contribution in [-0.4, -0.2) is 65.4 Å². The predicted molar refractivity (Wildman–Crippen MR) is 70.3 cm³/mol. The molecular weight excluding hydrogens is 567 g/mol. The van der Waals surface area contributed by atoms with Gasteiger partial charge in [0.15, 0.2) is 6.17 Å². The summed E-state index contributed by atoms with van der Waals surface area (Å²) in [6, 6.07) is 0. The average molecular weight is 576 g/mol. The van der Waals surface area contributed by atoms with Crippen LogP contribution in [0.4, 0.5) is 92.2 Å². The van der Waals surface area contributed by atoms with Gasteiger partial charge >= 0.3 is 59.2 Å². The van der Waals surface area contributed by atoms with Crippen molar-refractivity contribution in [2.75, 3.05) is 0 Å². The average Bonchev–Trinajstić information content (AvgIpc) is 2.66. The molecule has 0 amide bonds. The molecule has 0 aromatic carbocycles. The molecule has 0 aliphatic rings. The summed E-state index contributed by atoms with van der Waals surface area (Å²) in [4.78, 5) is 0. The van der Waals surface area contributed by atoms with Gasteiger partial charge in [0, 0.05) is 6.42 Å². The molecule has 0 aliphatic heterocycles. The van der Waals surface area contributed by atoms with Gasteiger partial charge in [0.25, 0.3) is 0 Å². The normalized spacial score (nSPS) is 17.6. The van der Waals surface area contributed by atoms with Gasteiger partial charge in [-0.25, -0.2) is 4.39 Å². The SMILES string of the molecule is CCC(F)(F)C(F)(F)C(F)(F)C(F)(F)C(F)(F)C(F)(F)C(F)(F)C(F)(F)C(F)(F)C(F)(F)C(C)F. The zero-order valence-corrected chi connectivity index (χ0v) is 16.2. The number of hydrogen-bond acceptors (Lipinski definition) is 0. The van der Waals surface area contributed by atoms with Crippen LogP contribution in [0.5, 0.6) is 0 Å². The fourth-order valence-corrected chi connectivity index (χ4v) is 2.09. The molecule has 0 heterocycles. The van der Waals surface area contributed by atoms with Crippen LogP contribution >= 0.6 is 0 Å². The minimum absolute atomic E-state index is 0.183. The van der Waals surface area contributed by atoms with Crippen LogP contribution < -0.4 is 0 Å². The summed E-state index contributed by atoms with van der Waals surface area (Å²) in [5, 5.41) is 0. The van der Waals surface area contributed by atoms with E-state index < -0.39 is 78.7 Å². The van der Waals surface area contributed by atoms with Crippen molar-refractivity contribution < 1.29 is 92.2 Å². The molecule has 0 saturated carbocycles. The van der Waals surface area contributed by atoms with E-state index in [-0.39, 0.29) is 6.92 Å². The third kappa shape index (κ3) is 3.87. The summed E-state index contributed by atoms with van der Waals surface area (Å²) in [7, 11) is 0. The number of hydrogen-bond donors (Lipinski definition) is 0. The minimum Gasteiger partial charge on any atom is -0.241 e. The topological polar surface area (TPSA) is 0 Å². The van der Waals surface area contributed by atoms with Crippen LogP contribution in [0.25, 0.3) is 0 Å². The van der Waals surface area contributed by atoms with Crippen molar-refractivity contribution in [3.63, 3.8) is 0 Å². The van der Waals surface area contributed by atoms with Gasteiger partial charge in [-0.2, -0.15) is 87.8 Å². The first kappa shape index (κ1) is 33.5. The Balaban J connectivity index is 7.11. The molecule has 0 rings (SSSR count). The smallest absolute Gasteiger partial charge is 0.241 e. The Kier molecular flexibility index (Phi) is 7.92. The largest absolute Gasteiger partial charge is 0.385 e. The van der Waals surface area contributed by atoms with Crippen LogP contribution in [0.15, 0.2) is 0 Å². The highest BCUT2D eigenvalue weighted by Gasteiger charge is 2.97. The fraction of sp³-hybridized carbons (Fsp3) is 1.00. The molecule has 0 N–H and O–H groups in total. The van der Waals surface area contributed by atoms with Crippen molar-refractivity contribution in [3.05, 3.63) is 0 Å². The lowest BCUT2D eigenvalue weighted by molar-refractivity contribution is -0.470. The molecule has 212 valence electrons. The summed E-state index contributed by atoms with van der Waals surface area (Å²) in [5.41, 5.74) is 0. The first-order valence-corrected chi connectivity index (χ1v) is 8.17. The second-order valence-electron chi connectivity index (χ2n) is 6.89. The maximum atomic E-state index is 13.5. The Bertz CT molecular complexity index is 760. The first-order valence-electron chi connectivity index (χ1n) is 8.17. The van der Waals surface area contributed by atoms with E-state index in [1.54, 1.807) is 0 Å². The second-order valence-corrected chi connectivity index (χ2v) is 6.89. The lowest BCUT2D eigenvalue weighted by Gasteiger charge is -2.45. The summed E-state index contributed by atoms with van der Waals surface area (Å²) >= 11 is 0. The van der Waals surface area contributed by atoms with Gasteiger partial charge in [-0.15, -0.1) is 0 Å². The van der Waals surface area contributed by atoms with E-state index >= 15 is 0 Å². The fourth-order valence-electron chi connectivity index (χ4n) is 2.09. The molecule has 21 heteroatoms. The Morgan fingerprint density at radius 1 is 0.400 bits per heavy atom. The predicted octanol–water partition coefficient (Wildman–Crippen LogP) is 8.11. The van der Waals surface area contributed by atoms with Crippen LogP contribution in [0.2, 0.25) is 0 Å². The Hall–Kier alpha value is -1.47. The van der Waals surface area contributed by atoms with Gasteiger partial charge in [0.05, 0.1) is 0 Å². The summed E-state index contributed by atoms with van der Waals surface area (Å²) in [6.45, 7) is -0.961. The highest BCUT2D eigenvalue weighted by molar-refractivity contribution is 5.18. The van der Waals surface area contributed by atoms with Gasteiger partial charge < -0.3 is 0 Å². The van der Waals surface area contributed by atoms with E-state index in [1.807, 2.05) is 0 Å². The van der Waals surface area contributed by atoms with Gasteiger partial charge in [-0.05, 0) is 6.92 Å². The number of halogens is 21. The van der Waals surface area contributed by atoms with E-state index in [2.05, 4.69) is 0 Å². The molecule has 0 saturated heterocycles. The molecule has 0 aromatic rings. The van der Waals surface area contributed by atoms with Crippen molar-refractivity contribution >= 4 is 0 Å². The first-order chi connectivity index (χ1) is 14.8. The van der Waals surface area contributed by atoms with Crippen LogP contribution in [0.3, 0.4) is 0 Å². The molecule has 1 unspecified atom stereocenters. The van der Waals surface area contributed by atoms with Gasteiger partial charge in [-0.1, -0.05) is 6.92 Å². The third-order valence-corrected chi connectivity index (χ3v) is 4.58. The lowest BCUT2D eigenvalue weighted by Crippen LogP contribution is -2.77. The Morgan fingerprint density at radius 2 is 0.600 bits per heavy atom. The quantitative estimate of drug-likeness (QED) is 0.218. The molecule has 0 fully saturated rings. The monoisotopic (exact) mass is 576 g/mol. The zero-order valence-electron chi connectivity index (χ0n) is 16.2. The highest BCUT2D eigenvalue weighted by Crippen LogP contribution is 2.66. The molecule has 0 aliphatic carbocycles. The van der Waals surface area contributed by atoms with Gasteiger partial charge in [0.2, 0.25) is 0 Å². The van der Waals surface area contributed by atoms with Crippen molar-refractivity contribution in [2.24, 2.45) is 0 Å². The highest BCUT2D eigenvalue weighted by atomic mass is 19.4. The molecule has 1 atom stereocenters. The maximum absolute atomic E-state index is 13.5. The minimum atomic E-state index is -9.09. The van der Waals surface area contributed by atoms with Crippen LogP contribution in [0.1, 0.15) is 20.3 Å². The maximum Gasteiger partial charge on any atom is 0.385 e. The van der Waals surface area contributed by atoms with Crippen molar-refractivity contribution in [3.8, 4) is 0 Å². The molecule has 35 heavy (non-hydrogen) atoms.